The van der Waals surface area contributed by atoms with Crippen molar-refractivity contribution in [2.75, 3.05) is 12.8 Å². The molecule has 24 heavy (non-hydrogen) atoms. The van der Waals surface area contributed by atoms with Crippen LogP contribution >= 0.6 is 0 Å². The second-order valence-corrected chi connectivity index (χ2v) is 8.24. The largest absolute Gasteiger partial charge is 0.350 e. The van der Waals surface area contributed by atoms with Crippen LogP contribution in [0, 0.1) is 5.92 Å². The van der Waals surface area contributed by atoms with Gasteiger partial charge in [0.2, 0.25) is 11.8 Å². The SMILES string of the molecule is CC(C)[C@H](N)C(=O)NCC(=O)NCc1ccccc1CS(C)(=O)=O. The van der Waals surface area contributed by atoms with Gasteiger partial charge in [0.1, 0.15) is 0 Å². The molecule has 2 amide bonds. The normalized spacial score (nSPS) is 12.7. The maximum absolute atomic E-state index is 11.8. The Kier molecular flexibility index (Phi) is 7.37. The number of nitrogens with two attached hydrogens (primary N) is 1. The van der Waals surface area contributed by atoms with Crippen molar-refractivity contribution in [1.29, 1.82) is 0 Å². The van der Waals surface area contributed by atoms with E-state index >= 15 is 0 Å². The van der Waals surface area contributed by atoms with Crippen LogP contribution in [0.25, 0.3) is 0 Å². The predicted molar refractivity (Wildman–Crippen MR) is 92.7 cm³/mol. The van der Waals surface area contributed by atoms with Crippen molar-refractivity contribution in [3.63, 3.8) is 0 Å². The second kappa shape index (κ2) is 8.79. The molecule has 4 N–H and O–H groups in total. The molecular formula is C16H25N3O4S. The minimum Gasteiger partial charge on any atom is -0.350 e. The summed E-state index contributed by atoms with van der Waals surface area (Å²) in [5, 5.41) is 5.14. The third kappa shape index (κ3) is 7.10. The summed E-state index contributed by atoms with van der Waals surface area (Å²) in [4.78, 5) is 23.5. The molecule has 1 atom stereocenters. The highest BCUT2D eigenvalue weighted by Crippen LogP contribution is 2.11. The number of benzene rings is 1. The molecule has 134 valence electrons. The minimum atomic E-state index is -3.16. The average Bonchev–Trinajstić information content (AvgIpc) is 2.49. The van der Waals surface area contributed by atoms with Gasteiger partial charge in [0.15, 0.2) is 9.84 Å². The van der Waals surface area contributed by atoms with Crippen molar-refractivity contribution in [3.8, 4) is 0 Å². The molecule has 0 aromatic heterocycles. The van der Waals surface area contributed by atoms with E-state index in [2.05, 4.69) is 10.6 Å². The Hall–Kier alpha value is -1.93. The maximum Gasteiger partial charge on any atom is 0.239 e. The van der Waals surface area contributed by atoms with Gasteiger partial charge in [-0.25, -0.2) is 8.42 Å². The van der Waals surface area contributed by atoms with Crippen LogP contribution in [0.4, 0.5) is 0 Å². The number of hydrogen-bond donors (Lipinski definition) is 3. The highest BCUT2D eigenvalue weighted by Gasteiger charge is 2.17. The monoisotopic (exact) mass is 355 g/mol. The van der Waals surface area contributed by atoms with Gasteiger partial charge in [-0.15, -0.1) is 0 Å². The Bertz CT molecular complexity index is 686. The van der Waals surface area contributed by atoms with Gasteiger partial charge >= 0.3 is 0 Å². The van der Waals surface area contributed by atoms with Gasteiger partial charge in [-0.2, -0.15) is 0 Å². The first-order valence-electron chi connectivity index (χ1n) is 7.64. The quantitative estimate of drug-likeness (QED) is 0.604. The molecule has 0 saturated heterocycles. The first kappa shape index (κ1) is 20.1. The van der Waals surface area contributed by atoms with E-state index in [-0.39, 0.29) is 36.6 Å². The molecule has 8 heteroatoms. The standard InChI is InChI=1S/C16H25N3O4S/c1-11(2)15(17)16(21)19-9-14(20)18-8-12-6-4-5-7-13(12)10-24(3,22)23/h4-7,11,15H,8-10,17H2,1-3H3,(H,18,20)(H,19,21)/t15-/m0/s1. The van der Waals surface area contributed by atoms with Crippen molar-refractivity contribution in [2.24, 2.45) is 11.7 Å². The van der Waals surface area contributed by atoms with Crippen LogP contribution < -0.4 is 16.4 Å². The number of nitrogens with one attached hydrogen (secondary N) is 2. The Morgan fingerprint density at radius 3 is 2.25 bits per heavy atom. The zero-order chi connectivity index (χ0) is 18.3. The lowest BCUT2D eigenvalue weighted by Gasteiger charge is -2.15. The first-order valence-corrected chi connectivity index (χ1v) is 9.70. The van der Waals surface area contributed by atoms with Crippen LogP contribution in [0.15, 0.2) is 24.3 Å². The van der Waals surface area contributed by atoms with E-state index in [9.17, 15) is 18.0 Å². The van der Waals surface area contributed by atoms with Gasteiger partial charge in [0.25, 0.3) is 0 Å². The summed E-state index contributed by atoms with van der Waals surface area (Å²) in [6.07, 6.45) is 1.16. The highest BCUT2D eigenvalue weighted by molar-refractivity contribution is 7.89. The molecule has 0 fully saturated rings. The average molecular weight is 355 g/mol. The molecule has 1 rings (SSSR count). The molecule has 0 radical (unpaired) electrons. The summed E-state index contributed by atoms with van der Waals surface area (Å²) >= 11 is 0. The van der Waals surface area contributed by atoms with Gasteiger partial charge in [-0.3, -0.25) is 9.59 Å². The fourth-order valence-corrected chi connectivity index (χ4v) is 2.84. The second-order valence-electron chi connectivity index (χ2n) is 6.10. The number of rotatable bonds is 8. The van der Waals surface area contributed by atoms with Crippen LogP contribution in [0.2, 0.25) is 0 Å². The number of carbonyl (C=O) groups excluding carboxylic acids is 2. The molecular weight excluding hydrogens is 330 g/mol. The fourth-order valence-electron chi connectivity index (χ4n) is 2.00. The summed E-state index contributed by atoms with van der Waals surface area (Å²) in [6.45, 7) is 3.66. The van der Waals surface area contributed by atoms with E-state index in [0.717, 1.165) is 11.8 Å². The van der Waals surface area contributed by atoms with E-state index in [4.69, 9.17) is 5.73 Å². The van der Waals surface area contributed by atoms with E-state index in [1.807, 2.05) is 13.8 Å². The molecule has 0 aliphatic rings. The lowest BCUT2D eigenvalue weighted by molar-refractivity contribution is -0.127. The summed E-state index contributed by atoms with van der Waals surface area (Å²) < 4.78 is 22.9. The maximum atomic E-state index is 11.8. The lowest BCUT2D eigenvalue weighted by Crippen LogP contribution is -2.47. The van der Waals surface area contributed by atoms with Gasteiger partial charge in [-0.05, 0) is 17.0 Å². The van der Waals surface area contributed by atoms with Crippen LogP contribution in [-0.2, 0) is 31.7 Å². The van der Waals surface area contributed by atoms with E-state index in [1.54, 1.807) is 24.3 Å². The smallest absolute Gasteiger partial charge is 0.239 e. The summed E-state index contributed by atoms with van der Waals surface area (Å²) in [6, 6.07) is 6.34. The van der Waals surface area contributed by atoms with Crippen molar-refractivity contribution >= 4 is 21.7 Å². The minimum absolute atomic E-state index is 0.0177. The Morgan fingerprint density at radius 2 is 1.71 bits per heavy atom. The molecule has 1 aromatic rings. The lowest BCUT2D eigenvalue weighted by atomic mass is 10.1. The van der Waals surface area contributed by atoms with Gasteiger partial charge < -0.3 is 16.4 Å². The molecule has 0 spiro atoms. The zero-order valence-electron chi connectivity index (χ0n) is 14.2. The van der Waals surface area contributed by atoms with Crippen LogP contribution in [0.1, 0.15) is 25.0 Å². The summed E-state index contributed by atoms with van der Waals surface area (Å²) in [5.74, 6) is -0.846. The molecule has 0 bridgehead atoms. The molecule has 0 aliphatic heterocycles. The Balaban J connectivity index is 2.55. The van der Waals surface area contributed by atoms with Crippen molar-refractivity contribution < 1.29 is 18.0 Å². The zero-order valence-corrected chi connectivity index (χ0v) is 15.0. The molecule has 7 nitrogen and oxygen atoms in total. The first-order chi connectivity index (χ1) is 11.1. The third-order valence-electron chi connectivity index (χ3n) is 3.46. The number of amides is 2. The van der Waals surface area contributed by atoms with Crippen molar-refractivity contribution in [3.05, 3.63) is 35.4 Å². The molecule has 0 saturated carbocycles. The third-order valence-corrected chi connectivity index (χ3v) is 4.29. The summed E-state index contributed by atoms with van der Waals surface area (Å²) in [5.41, 5.74) is 7.06. The Morgan fingerprint density at radius 1 is 1.12 bits per heavy atom. The number of sulfone groups is 1. The summed E-state index contributed by atoms with van der Waals surface area (Å²) in [7, 11) is -3.16. The van der Waals surface area contributed by atoms with Gasteiger partial charge in [0, 0.05) is 12.8 Å². The topological polar surface area (TPSA) is 118 Å². The fraction of sp³-hybridized carbons (Fsp3) is 0.500. The number of hydrogen-bond acceptors (Lipinski definition) is 5. The molecule has 0 heterocycles. The molecule has 0 unspecified atom stereocenters. The van der Waals surface area contributed by atoms with Crippen molar-refractivity contribution in [2.45, 2.75) is 32.2 Å². The molecule has 0 aliphatic carbocycles. The number of carbonyl (C=O) groups is 2. The van der Waals surface area contributed by atoms with Crippen LogP contribution in [-0.4, -0.2) is 39.1 Å². The Labute approximate surface area is 142 Å². The van der Waals surface area contributed by atoms with Gasteiger partial charge in [-0.1, -0.05) is 38.1 Å². The van der Waals surface area contributed by atoms with E-state index in [1.165, 1.54) is 0 Å². The van der Waals surface area contributed by atoms with Gasteiger partial charge in [0.05, 0.1) is 18.3 Å². The van der Waals surface area contributed by atoms with E-state index < -0.39 is 15.9 Å². The van der Waals surface area contributed by atoms with Crippen molar-refractivity contribution in [1.82, 2.24) is 10.6 Å². The van der Waals surface area contributed by atoms with Crippen LogP contribution in [0.3, 0.4) is 0 Å². The molecule has 1 aromatic carbocycles. The van der Waals surface area contributed by atoms with Crippen LogP contribution in [0.5, 0.6) is 0 Å². The predicted octanol–water partition coefficient (Wildman–Crippen LogP) is -0.0531. The van der Waals surface area contributed by atoms with E-state index in [0.29, 0.717) is 5.56 Å². The highest BCUT2D eigenvalue weighted by atomic mass is 32.2.